The van der Waals surface area contributed by atoms with Gasteiger partial charge in [-0.05, 0) is 44.5 Å². The largest absolute Gasteiger partial charge is 0.325 e. The van der Waals surface area contributed by atoms with Crippen molar-refractivity contribution < 1.29 is 14.0 Å². The fourth-order valence-corrected chi connectivity index (χ4v) is 3.81. The first-order valence-electron chi connectivity index (χ1n) is 9.74. The molecule has 0 aliphatic rings. The number of hydrogen-bond acceptors (Lipinski definition) is 6. The number of para-hydroxylation sites is 1. The van der Waals surface area contributed by atoms with E-state index in [2.05, 4.69) is 25.8 Å². The van der Waals surface area contributed by atoms with Gasteiger partial charge in [0, 0.05) is 12.5 Å². The maximum Gasteiger partial charge on any atom is 0.278 e. The Morgan fingerprint density at radius 2 is 1.84 bits per heavy atom. The maximum atomic E-state index is 13.7. The second-order valence-electron chi connectivity index (χ2n) is 7.22. The van der Waals surface area contributed by atoms with Crippen LogP contribution in [0.1, 0.15) is 25.0 Å². The lowest BCUT2D eigenvalue weighted by atomic mass is 10.0. The molecule has 0 aliphatic carbocycles. The van der Waals surface area contributed by atoms with Gasteiger partial charge in [0.25, 0.3) is 5.56 Å². The third kappa shape index (κ3) is 5.38. The van der Waals surface area contributed by atoms with Gasteiger partial charge in [0.15, 0.2) is 10.9 Å². The van der Waals surface area contributed by atoms with Gasteiger partial charge < -0.3 is 10.6 Å². The summed E-state index contributed by atoms with van der Waals surface area (Å²) in [6, 6.07) is 9.47. The number of aromatic amines is 1. The SMILES string of the molecule is CC(=O)Nc1c(C)cc(C)cc1-c1nnc(S[C@@H](C)C(=O)Nc2ccccc2F)[nH]c1=O. The lowest BCUT2D eigenvalue weighted by Crippen LogP contribution is -2.24. The summed E-state index contributed by atoms with van der Waals surface area (Å²) in [5.74, 6) is -1.27. The zero-order valence-electron chi connectivity index (χ0n) is 17.9. The zero-order chi connectivity index (χ0) is 23.4. The molecule has 166 valence electrons. The predicted molar refractivity (Wildman–Crippen MR) is 122 cm³/mol. The summed E-state index contributed by atoms with van der Waals surface area (Å²) in [5, 5.41) is 12.8. The minimum atomic E-state index is -0.679. The summed E-state index contributed by atoms with van der Waals surface area (Å²) >= 11 is 0.983. The fraction of sp³-hybridized carbons (Fsp3) is 0.227. The van der Waals surface area contributed by atoms with Crippen LogP contribution in [0.5, 0.6) is 0 Å². The van der Waals surface area contributed by atoms with Gasteiger partial charge in [-0.15, -0.1) is 10.2 Å². The van der Waals surface area contributed by atoms with Gasteiger partial charge in [-0.1, -0.05) is 35.5 Å². The van der Waals surface area contributed by atoms with Gasteiger partial charge >= 0.3 is 0 Å². The maximum absolute atomic E-state index is 13.7. The average Bonchev–Trinajstić information content (AvgIpc) is 2.71. The molecule has 0 radical (unpaired) electrons. The molecule has 2 aromatic carbocycles. The first-order chi connectivity index (χ1) is 15.2. The number of hydrogen-bond donors (Lipinski definition) is 3. The molecule has 3 N–H and O–H groups in total. The molecule has 32 heavy (non-hydrogen) atoms. The van der Waals surface area contributed by atoms with E-state index in [1.54, 1.807) is 19.1 Å². The molecule has 3 aromatic rings. The van der Waals surface area contributed by atoms with Crippen molar-refractivity contribution >= 4 is 35.0 Å². The Balaban J connectivity index is 1.83. The molecule has 3 rings (SSSR count). The molecule has 2 amide bonds. The number of aromatic nitrogens is 3. The molecule has 0 bridgehead atoms. The summed E-state index contributed by atoms with van der Waals surface area (Å²) in [6.07, 6.45) is 0. The predicted octanol–water partition coefficient (Wildman–Crippen LogP) is 3.67. The lowest BCUT2D eigenvalue weighted by molar-refractivity contribution is -0.115. The van der Waals surface area contributed by atoms with Crippen molar-refractivity contribution in [1.29, 1.82) is 0 Å². The monoisotopic (exact) mass is 455 g/mol. The number of amides is 2. The Morgan fingerprint density at radius 1 is 1.12 bits per heavy atom. The Morgan fingerprint density at radius 3 is 2.50 bits per heavy atom. The highest BCUT2D eigenvalue weighted by molar-refractivity contribution is 8.00. The molecule has 0 aliphatic heterocycles. The van der Waals surface area contributed by atoms with Crippen LogP contribution in [0.4, 0.5) is 15.8 Å². The van der Waals surface area contributed by atoms with E-state index in [0.29, 0.717) is 11.3 Å². The number of benzene rings is 2. The molecular weight excluding hydrogens is 433 g/mol. The number of aryl methyl sites for hydroxylation is 2. The van der Waals surface area contributed by atoms with Crippen LogP contribution in [0, 0.1) is 19.7 Å². The van der Waals surface area contributed by atoms with Crippen LogP contribution in [0.25, 0.3) is 11.3 Å². The molecule has 1 atom stereocenters. The number of rotatable bonds is 6. The van der Waals surface area contributed by atoms with E-state index >= 15 is 0 Å². The highest BCUT2D eigenvalue weighted by Gasteiger charge is 2.20. The van der Waals surface area contributed by atoms with Crippen LogP contribution >= 0.6 is 11.8 Å². The van der Waals surface area contributed by atoms with E-state index in [0.717, 1.165) is 22.9 Å². The van der Waals surface area contributed by atoms with Crippen molar-refractivity contribution in [3.63, 3.8) is 0 Å². The molecule has 0 saturated carbocycles. The molecule has 0 saturated heterocycles. The second kappa shape index (κ2) is 9.73. The number of carbonyl (C=O) groups excluding carboxylic acids is 2. The van der Waals surface area contributed by atoms with Gasteiger partial charge in [-0.25, -0.2) is 4.39 Å². The van der Waals surface area contributed by atoms with Crippen LogP contribution in [0.3, 0.4) is 0 Å². The Kier molecular flexibility index (Phi) is 7.04. The molecule has 1 aromatic heterocycles. The number of halogens is 1. The van der Waals surface area contributed by atoms with Crippen LogP contribution in [0.2, 0.25) is 0 Å². The van der Waals surface area contributed by atoms with Crippen LogP contribution < -0.4 is 16.2 Å². The quantitative estimate of drug-likeness (QED) is 0.489. The highest BCUT2D eigenvalue weighted by atomic mass is 32.2. The molecule has 1 heterocycles. The average molecular weight is 456 g/mol. The topological polar surface area (TPSA) is 117 Å². The van der Waals surface area contributed by atoms with Gasteiger partial charge in [0.05, 0.1) is 16.6 Å². The summed E-state index contributed by atoms with van der Waals surface area (Å²) in [6.45, 7) is 6.68. The number of thioether (sulfide) groups is 1. The van der Waals surface area contributed by atoms with Crippen LogP contribution in [-0.4, -0.2) is 32.2 Å². The van der Waals surface area contributed by atoms with E-state index in [1.165, 1.54) is 25.1 Å². The number of anilines is 2. The van der Waals surface area contributed by atoms with Crippen molar-refractivity contribution in [3.8, 4) is 11.3 Å². The smallest absolute Gasteiger partial charge is 0.278 e. The van der Waals surface area contributed by atoms with E-state index in [9.17, 15) is 18.8 Å². The van der Waals surface area contributed by atoms with E-state index < -0.39 is 22.5 Å². The Hall–Kier alpha value is -3.53. The summed E-state index contributed by atoms with van der Waals surface area (Å²) < 4.78 is 13.7. The minimum Gasteiger partial charge on any atom is -0.325 e. The second-order valence-corrected chi connectivity index (χ2v) is 8.55. The molecule has 10 heteroatoms. The van der Waals surface area contributed by atoms with Crippen molar-refractivity contribution in [1.82, 2.24) is 15.2 Å². The summed E-state index contributed by atoms with van der Waals surface area (Å²) in [5.41, 5.74) is 2.22. The van der Waals surface area contributed by atoms with Crippen molar-refractivity contribution in [2.45, 2.75) is 38.1 Å². The Bertz CT molecular complexity index is 1240. The Labute approximate surface area is 188 Å². The highest BCUT2D eigenvalue weighted by Crippen LogP contribution is 2.30. The molecule has 0 spiro atoms. The molecule has 0 fully saturated rings. The number of H-pyrrole nitrogens is 1. The normalized spacial score (nSPS) is 11.7. The summed E-state index contributed by atoms with van der Waals surface area (Å²) in [7, 11) is 0. The third-order valence-electron chi connectivity index (χ3n) is 4.50. The number of nitrogens with zero attached hydrogens (tertiary/aromatic N) is 2. The fourth-order valence-electron chi connectivity index (χ4n) is 3.07. The first-order valence-corrected chi connectivity index (χ1v) is 10.6. The van der Waals surface area contributed by atoms with Gasteiger partial charge in [-0.3, -0.25) is 19.4 Å². The van der Waals surface area contributed by atoms with Crippen molar-refractivity contribution in [3.05, 3.63) is 63.7 Å². The van der Waals surface area contributed by atoms with E-state index in [1.807, 2.05) is 19.9 Å². The van der Waals surface area contributed by atoms with Crippen LogP contribution in [-0.2, 0) is 9.59 Å². The van der Waals surface area contributed by atoms with E-state index in [-0.39, 0.29) is 22.4 Å². The zero-order valence-corrected chi connectivity index (χ0v) is 18.8. The van der Waals surface area contributed by atoms with Crippen molar-refractivity contribution in [2.24, 2.45) is 0 Å². The molecule has 0 unspecified atom stereocenters. The molecule has 8 nitrogen and oxygen atoms in total. The van der Waals surface area contributed by atoms with Crippen LogP contribution in [0.15, 0.2) is 46.3 Å². The van der Waals surface area contributed by atoms with Gasteiger partial charge in [0.1, 0.15) is 5.82 Å². The molecular formula is C22H22FN5O3S. The standard InChI is InChI=1S/C22H22FN5O3S/c1-11-9-12(2)18(24-14(4)29)15(10-11)19-21(31)26-22(28-27-19)32-13(3)20(30)25-17-8-6-5-7-16(17)23/h5-10,13H,1-4H3,(H,24,29)(H,25,30)(H,26,28,31)/t13-/m0/s1. The first kappa shape index (κ1) is 23.1. The summed E-state index contributed by atoms with van der Waals surface area (Å²) in [4.78, 5) is 39.4. The van der Waals surface area contributed by atoms with E-state index in [4.69, 9.17) is 0 Å². The van der Waals surface area contributed by atoms with Gasteiger partial charge in [0.2, 0.25) is 11.8 Å². The third-order valence-corrected chi connectivity index (χ3v) is 5.48. The minimum absolute atomic E-state index is 0.0494. The number of carbonyl (C=O) groups is 2. The number of nitrogens with one attached hydrogen (secondary N) is 3. The van der Waals surface area contributed by atoms with Gasteiger partial charge in [-0.2, -0.15) is 0 Å². The van der Waals surface area contributed by atoms with Crippen molar-refractivity contribution in [2.75, 3.05) is 10.6 Å². The lowest BCUT2D eigenvalue weighted by Gasteiger charge is -2.14.